The van der Waals surface area contributed by atoms with E-state index in [1.165, 1.54) is 29.5 Å². The van der Waals surface area contributed by atoms with Crippen molar-refractivity contribution >= 4 is 28.7 Å². The van der Waals surface area contributed by atoms with Crippen LogP contribution in [0.3, 0.4) is 0 Å². The van der Waals surface area contributed by atoms with E-state index >= 15 is 0 Å². The fourth-order valence-electron chi connectivity index (χ4n) is 1.84. The molecule has 0 aliphatic rings. The molecule has 0 bridgehead atoms. The molecule has 2 N–H and O–H groups in total. The minimum atomic E-state index is -1.20. The number of thiophene rings is 1. The molecule has 0 fully saturated rings. The third-order valence-corrected chi connectivity index (χ3v) is 3.58. The number of benzene rings is 1. The fraction of sp³-hybridized carbons (Fsp3) is 0.154. The zero-order chi connectivity index (χ0) is 14.7. The molecule has 7 heteroatoms. The van der Waals surface area contributed by atoms with E-state index in [4.69, 9.17) is 5.11 Å². The maximum Gasteiger partial charge on any atom is 0.338 e. The first kappa shape index (κ1) is 14.0. The molecule has 0 amide bonds. The molecule has 0 radical (unpaired) electrons. The summed E-state index contributed by atoms with van der Waals surface area (Å²) in [6.45, 7) is 1.82. The zero-order valence-electron chi connectivity index (χ0n) is 10.6. The summed E-state index contributed by atoms with van der Waals surface area (Å²) in [4.78, 5) is 21.7. The summed E-state index contributed by atoms with van der Waals surface area (Å²) in [5.41, 5.74) is 0.626. The quantitative estimate of drug-likeness (QED) is 0.649. The van der Waals surface area contributed by atoms with Crippen LogP contribution in [0.25, 0.3) is 0 Å². The molecular formula is C13H12N2O4S. The molecule has 6 nitrogen and oxygen atoms in total. The number of nitro benzene ring substituents is 1. The largest absolute Gasteiger partial charge is 0.478 e. The highest BCUT2D eigenvalue weighted by Gasteiger charge is 2.22. The van der Waals surface area contributed by atoms with Crippen molar-refractivity contribution in [3.63, 3.8) is 0 Å². The minimum absolute atomic E-state index is 0.0312. The molecule has 0 saturated heterocycles. The molecule has 1 aromatic carbocycles. The number of aromatic carboxylic acids is 1. The lowest BCUT2D eigenvalue weighted by molar-refractivity contribution is -0.384. The Kier molecular flexibility index (Phi) is 3.99. The summed E-state index contributed by atoms with van der Waals surface area (Å²) in [5, 5.41) is 26.9. The van der Waals surface area contributed by atoms with E-state index in [0.717, 1.165) is 5.56 Å². The number of para-hydroxylation sites is 1. The maximum absolute atomic E-state index is 11.2. The lowest BCUT2D eigenvalue weighted by atomic mass is 10.1. The number of hydrogen-bond acceptors (Lipinski definition) is 5. The zero-order valence-corrected chi connectivity index (χ0v) is 11.4. The molecule has 0 spiro atoms. The van der Waals surface area contributed by atoms with E-state index < -0.39 is 10.9 Å². The predicted molar refractivity (Wildman–Crippen MR) is 76.4 cm³/mol. The van der Waals surface area contributed by atoms with Crippen molar-refractivity contribution in [1.29, 1.82) is 0 Å². The summed E-state index contributed by atoms with van der Waals surface area (Å²) >= 11 is 1.51. The molecule has 1 heterocycles. The summed E-state index contributed by atoms with van der Waals surface area (Å²) in [6, 6.07) is 5.66. The van der Waals surface area contributed by atoms with Crippen molar-refractivity contribution in [2.45, 2.75) is 13.0 Å². The summed E-state index contributed by atoms with van der Waals surface area (Å²) in [7, 11) is 0. The van der Waals surface area contributed by atoms with Gasteiger partial charge in [-0.3, -0.25) is 10.1 Å². The fourth-order valence-corrected chi connectivity index (χ4v) is 2.60. The van der Waals surface area contributed by atoms with Crippen LogP contribution < -0.4 is 5.32 Å². The Morgan fingerprint density at radius 2 is 2.20 bits per heavy atom. The molecular weight excluding hydrogens is 280 g/mol. The van der Waals surface area contributed by atoms with E-state index in [9.17, 15) is 14.9 Å². The summed E-state index contributed by atoms with van der Waals surface area (Å²) < 4.78 is 0. The van der Waals surface area contributed by atoms with Gasteiger partial charge in [-0.05, 0) is 35.4 Å². The average molecular weight is 292 g/mol. The van der Waals surface area contributed by atoms with Crippen LogP contribution in [0.2, 0.25) is 0 Å². The first-order valence-electron chi connectivity index (χ1n) is 5.80. The van der Waals surface area contributed by atoms with E-state index in [0.29, 0.717) is 0 Å². The van der Waals surface area contributed by atoms with Gasteiger partial charge in [-0.2, -0.15) is 11.3 Å². The average Bonchev–Trinajstić information content (AvgIpc) is 2.92. The second-order valence-electron chi connectivity index (χ2n) is 4.18. The van der Waals surface area contributed by atoms with Gasteiger partial charge in [-0.1, -0.05) is 6.07 Å². The molecule has 104 valence electrons. The lowest BCUT2D eigenvalue weighted by Gasteiger charge is -2.16. The Bertz CT molecular complexity index is 608. The molecule has 0 aliphatic carbocycles. The van der Waals surface area contributed by atoms with Crippen LogP contribution in [0.15, 0.2) is 35.0 Å². The van der Waals surface area contributed by atoms with Gasteiger partial charge >= 0.3 is 5.97 Å². The van der Waals surface area contributed by atoms with Gasteiger partial charge in [0.15, 0.2) is 0 Å². The number of nitro groups is 1. The number of nitrogens with one attached hydrogen (secondary N) is 1. The molecule has 1 aromatic heterocycles. The molecule has 0 saturated carbocycles. The third kappa shape index (κ3) is 2.77. The number of anilines is 1. The number of carbonyl (C=O) groups is 1. The molecule has 0 aliphatic heterocycles. The minimum Gasteiger partial charge on any atom is -0.478 e. The second kappa shape index (κ2) is 5.70. The smallest absolute Gasteiger partial charge is 0.338 e. The lowest BCUT2D eigenvalue weighted by Crippen LogP contribution is -2.12. The molecule has 2 rings (SSSR count). The highest BCUT2D eigenvalue weighted by atomic mass is 32.1. The van der Waals surface area contributed by atoms with E-state index in [1.807, 2.05) is 23.8 Å². The van der Waals surface area contributed by atoms with Crippen LogP contribution >= 0.6 is 11.3 Å². The molecule has 20 heavy (non-hydrogen) atoms. The number of nitrogens with zero attached hydrogens (tertiary/aromatic N) is 1. The van der Waals surface area contributed by atoms with Gasteiger partial charge in [0.05, 0.1) is 10.5 Å². The number of carboxylic acids is 1. The molecule has 2 aromatic rings. The topological polar surface area (TPSA) is 92.5 Å². The van der Waals surface area contributed by atoms with Crippen molar-refractivity contribution < 1.29 is 14.8 Å². The Morgan fingerprint density at radius 1 is 1.45 bits per heavy atom. The van der Waals surface area contributed by atoms with Gasteiger partial charge in [0.25, 0.3) is 5.69 Å². The summed E-state index contributed by atoms with van der Waals surface area (Å²) in [6.07, 6.45) is 0. The SMILES string of the molecule is CC(Nc1c(C(=O)O)cccc1[N+](=O)[O-])c1ccsc1. The number of carboxylic acid groups (broad SMARTS) is 1. The van der Waals surface area contributed by atoms with Crippen LogP contribution in [0.5, 0.6) is 0 Å². The summed E-state index contributed by atoms with van der Waals surface area (Å²) in [5.74, 6) is -1.20. The van der Waals surface area contributed by atoms with E-state index in [-0.39, 0.29) is 23.0 Å². The van der Waals surface area contributed by atoms with Crippen molar-refractivity contribution in [2.75, 3.05) is 5.32 Å². The van der Waals surface area contributed by atoms with E-state index in [2.05, 4.69) is 5.32 Å². The van der Waals surface area contributed by atoms with Crippen molar-refractivity contribution in [3.8, 4) is 0 Å². The third-order valence-electron chi connectivity index (χ3n) is 2.87. The normalized spacial score (nSPS) is 11.8. The van der Waals surface area contributed by atoms with Gasteiger partial charge in [0.2, 0.25) is 0 Å². The first-order valence-corrected chi connectivity index (χ1v) is 6.74. The van der Waals surface area contributed by atoms with Crippen molar-refractivity contribution in [2.24, 2.45) is 0 Å². The standard InChI is InChI=1S/C13H12N2O4S/c1-8(9-5-6-20-7-9)14-12-10(13(16)17)3-2-4-11(12)15(18)19/h2-8,14H,1H3,(H,16,17). The predicted octanol–water partition coefficient (Wildman–Crippen LogP) is 3.53. The van der Waals surface area contributed by atoms with Gasteiger partial charge in [-0.15, -0.1) is 0 Å². The maximum atomic E-state index is 11.2. The number of rotatable bonds is 5. The van der Waals surface area contributed by atoms with E-state index in [1.54, 1.807) is 0 Å². The Balaban J connectivity index is 2.43. The van der Waals surface area contributed by atoms with Gasteiger partial charge in [-0.25, -0.2) is 4.79 Å². The van der Waals surface area contributed by atoms with Gasteiger partial charge in [0, 0.05) is 12.1 Å². The van der Waals surface area contributed by atoms with Crippen LogP contribution in [0.4, 0.5) is 11.4 Å². The van der Waals surface area contributed by atoms with Crippen LogP contribution in [0.1, 0.15) is 28.9 Å². The Hall–Kier alpha value is -2.41. The van der Waals surface area contributed by atoms with Crippen LogP contribution in [-0.4, -0.2) is 16.0 Å². The van der Waals surface area contributed by atoms with Crippen LogP contribution in [0, 0.1) is 10.1 Å². The molecule has 1 unspecified atom stereocenters. The van der Waals surface area contributed by atoms with Gasteiger partial charge < -0.3 is 10.4 Å². The highest BCUT2D eigenvalue weighted by molar-refractivity contribution is 7.08. The van der Waals surface area contributed by atoms with Crippen molar-refractivity contribution in [1.82, 2.24) is 0 Å². The molecule has 1 atom stereocenters. The Labute approximate surface area is 118 Å². The van der Waals surface area contributed by atoms with Crippen LogP contribution in [-0.2, 0) is 0 Å². The monoisotopic (exact) mass is 292 g/mol. The highest BCUT2D eigenvalue weighted by Crippen LogP contribution is 2.32. The second-order valence-corrected chi connectivity index (χ2v) is 4.96. The number of hydrogen-bond donors (Lipinski definition) is 2. The first-order chi connectivity index (χ1) is 9.50. The van der Waals surface area contributed by atoms with Crippen molar-refractivity contribution in [3.05, 3.63) is 56.3 Å². The van der Waals surface area contributed by atoms with Gasteiger partial charge in [0.1, 0.15) is 5.69 Å². The Morgan fingerprint density at radius 3 is 2.75 bits per heavy atom.